The minimum absolute atomic E-state index is 0. The second-order valence-electron chi connectivity index (χ2n) is 4.55. The van der Waals surface area contributed by atoms with Crippen molar-refractivity contribution in [3.05, 3.63) is 33.8 Å². The van der Waals surface area contributed by atoms with Crippen molar-refractivity contribution in [2.24, 2.45) is 0 Å². The quantitative estimate of drug-likeness (QED) is 0.789. The van der Waals surface area contributed by atoms with Crippen molar-refractivity contribution in [1.29, 1.82) is 0 Å². The van der Waals surface area contributed by atoms with Gasteiger partial charge in [-0.25, -0.2) is 0 Å². The van der Waals surface area contributed by atoms with Crippen LogP contribution in [0.4, 0.5) is 0 Å². The minimum atomic E-state index is -0.911. The van der Waals surface area contributed by atoms with Crippen LogP contribution in [0, 0.1) is 0 Å². The summed E-state index contributed by atoms with van der Waals surface area (Å²) >= 11 is 12.0. The third-order valence-corrected chi connectivity index (χ3v) is 3.84. The third kappa shape index (κ3) is 4.24. The first-order valence-corrected chi connectivity index (χ1v) is 6.98. The maximum absolute atomic E-state index is 11.8. The van der Waals surface area contributed by atoms with E-state index in [-0.39, 0.29) is 30.9 Å². The summed E-state index contributed by atoms with van der Waals surface area (Å²) in [6.07, 6.45) is 0.915. The molecule has 0 saturated carbocycles. The molecule has 20 heavy (non-hydrogen) atoms. The monoisotopic (exact) mass is 338 g/mol. The van der Waals surface area contributed by atoms with Crippen LogP contribution in [0.15, 0.2) is 18.2 Å². The molecule has 1 aliphatic heterocycles. The highest BCUT2D eigenvalue weighted by Gasteiger charge is 2.23. The lowest BCUT2D eigenvalue weighted by atomic mass is 10.1. The zero-order valence-electron chi connectivity index (χ0n) is 10.7. The van der Waals surface area contributed by atoms with Crippen molar-refractivity contribution in [1.82, 2.24) is 10.6 Å². The van der Waals surface area contributed by atoms with Gasteiger partial charge in [-0.2, -0.15) is 0 Å². The van der Waals surface area contributed by atoms with Crippen LogP contribution < -0.4 is 10.6 Å². The highest BCUT2D eigenvalue weighted by molar-refractivity contribution is 6.36. The smallest absolute Gasteiger partial charge is 0.237 e. The van der Waals surface area contributed by atoms with Crippen LogP contribution in [0.5, 0.6) is 0 Å². The molecule has 2 unspecified atom stereocenters. The van der Waals surface area contributed by atoms with Gasteiger partial charge in [0.2, 0.25) is 5.91 Å². The molecule has 1 heterocycles. The summed E-state index contributed by atoms with van der Waals surface area (Å²) in [5.41, 5.74) is 0.450. The lowest BCUT2D eigenvalue weighted by Gasteiger charge is -2.17. The summed E-state index contributed by atoms with van der Waals surface area (Å²) in [5.74, 6) is -0.0975. The normalized spacial score (nSPS) is 19.2. The van der Waals surface area contributed by atoms with Gasteiger partial charge in [0.15, 0.2) is 0 Å². The Morgan fingerprint density at radius 3 is 2.65 bits per heavy atom. The molecule has 1 aromatic rings. The van der Waals surface area contributed by atoms with Crippen LogP contribution in [0.2, 0.25) is 10.0 Å². The molecule has 2 atom stereocenters. The molecule has 7 heteroatoms. The molecule has 0 aromatic heterocycles. The molecule has 1 aromatic carbocycles. The Labute approximate surface area is 134 Å². The molecule has 1 amide bonds. The van der Waals surface area contributed by atoms with Crippen molar-refractivity contribution in [2.45, 2.75) is 25.0 Å². The number of carbonyl (C=O) groups is 1. The van der Waals surface area contributed by atoms with E-state index in [1.54, 1.807) is 18.2 Å². The SMILES string of the molecule is Cl.O=C(NCC(O)c1c(Cl)cccc1Cl)C1CCCN1. The summed E-state index contributed by atoms with van der Waals surface area (Å²) in [5, 5.41) is 16.7. The summed E-state index contributed by atoms with van der Waals surface area (Å²) in [6.45, 7) is 0.956. The molecule has 112 valence electrons. The molecule has 0 radical (unpaired) electrons. The zero-order chi connectivity index (χ0) is 13.8. The Morgan fingerprint density at radius 2 is 2.10 bits per heavy atom. The number of hydrogen-bond donors (Lipinski definition) is 3. The lowest BCUT2D eigenvalue weighted by Crippen LogP contribution is -2.41. The molecule has 2 rings (SSSR count). The van der Waals surface area contributed by atoms with Crippen LogP contribution >= 0.6 is 35.6 Å². The van der Waals surface area contributed by atoms with Crippen LogP contribution in [-0.2, 0) is 4.79 Å². The first-order valence-electron chi connectivity index (χ1n) is 6.22. The molecule has 0 aliphatic carbocycles. The van der Waals surface area contributed by atoms with Gasteiger partial charge in [0, 0.05) is 22.2 Å². The van der Waals surface area contributed by atoms with Crippen LogP contribution in [0.25, 0.3) is 0 Å². The molecule has 1 fully saturated rings. The van der Waals surface area contributed by atoms with E-state index in [9.17, 15) is 9.90 Å². The minimum Gasteiger partial charge on any atom is -0.386 e. The van der Waals surface area contributed by atoms with Gasteiger partial charge in [0.1, 0.15) is 0 Å². The number of benzene rings is 1. The molecule has 0 spiro atoms. The van der Waals surface area contributed by atoms with E-state index in [4.69, 9.17) is 23.2 Å². The maximum atomic E-state index is 11.8. The predicted octanol–water partition coefficient (Wildman–Crippen LogP) is 2.32. The van der Waals surface area contributed by atoms with Gasteiger partial charge in [0.25, 0.3) is 0 Å². The molecule has 1 aliphatic rings. The molecule has 3 N–H and O–H groups in total. The number of carbonyl (C=O) groups excluding carboxylic acids is 1. The number of amides is 1. The van der Waals surface area contributed by atoms with Gasteiger partial charge in [-0.1, -0.05) is 29.3 Å². The molecule has 4 nitrogen and oxygen atoms in total. The van der Waals surface area contributed by atoms with E-state index in [0.717, 1.165) is 19.4 Å². The van der Waals surface area contributed by atoms with Gasteiger partial charge in [-0.15, -0.1) is 12.4 Å². The highest BCUT2D eigenvalue weighted by Crippen LogP contribution is 2.29. The predicted molar refractivity (Wildman–Crippen MR) is 82.7 cm³/mol. The average Bonchev–Trinajstić information content (AvgIpc) is 2.89. The average molecular weight is 340 g/mol. The van der Waals surface area contributed by atoms with E-state index in [0.29, 0.717) is 15.6 Å². The lowest BCUT2D eigenvalue weighted by molar-refractivity contribution is -0.123. The maximum Gasteiger partial charge on any atom is 0.237 e. The van der Waals surface area contributed by atoms with Gasteiger partial charge < -0.3 is 15.7 Å². The first kappa shape index (κ1) is 17.5. The summed E-state index contributed by atoms with van der Waals surface area (Å²) < 4.78 is 0. The fraction of sp³-hybridized carbons (Fsp3) is 0.462. The van der Waals surface area contributed by atoms with E-state index < -0.39 is 6.10 Å². The van der Waals surface area contributed by atoms with Crippen molar-refractivity contribution < 1.29 is 9.90 Å². The summed E-state index contributed by atoms with van der Waals surface area (Å²) in [6, 6.07) is 4.87. The number of nitrogens with one attached hydrogen (secondary N) is 2. The number of rotatable bonds is 4. The first-order chi connectivity index (χ1) is 9.09. The van der Waals surface area contributed by atoms with Crippen LogP contribution in [0.1, 0.15) is 24.5 Å². The zero-order valence-corrected chi connectivity index (χ0v) is 13.1. The van der Waals surface area contributed by atoms with Crippen molar-refractivity contribution in [3.63, 3.8) is 0 Å². The number of aliphatic hydroxyl groups excluding tert-OH is 1. The number of halogens is 3. The molecule has 1 saturated heterocycles. The Hall–Kier alpha value is -0.520. The van der Waals surface area contributed by atoms with Crippen molar-refractivity contribution in [3.8, 4) is 0 Å². The Bertz CT molecular complexity index is 445. The van der Waals surface area contributed by atoms with Crippen LogP contribution in [-0.4, -0.2) is 30.1 Å². The van der Waals surface area contributed by atoms with E-state index in [1.807, 2.05) is 0 Å². The van der Waals surface area contributed by atoms with Gasteiger partial charge in [-0.05, 0) is 31.5 Å². The fourth-order valence-electron chi connectivity index (χ4n) is 2.16. The van der Waals surface area contributed by atoms with Crippen LogP contribution in [0.3, 0.4) is 0 Å². The largest absolute Gasteiger partial charge is 0.386 e. The Balaban J connectivity index is 0.00000200. The standard InChI is InChI=1S/C13H16Cl2N2O2.ClH/c14-8-3-1-4-9(15)12(8)11(18)7-17-13(19)10-5-2-6-16-10;/h1,3-4,10-11,16,18H,2,5-7H2,(H,17,19);1H. The van der Waals surface area contributed by atoms with Gasteiger partial charge in [0.05, 0.1) is 12.1 Å². The van der Waals surface area contributed by atoms with E-state index in [2.05, 4.69) is 10.6 Å². The summed E-state index contributed by atoms with van der Waals surface area (Å²) in [4.78, 5) is 11.8. The topological polar surface area (TPSA) is 61.4 Å². The van der Waals surface area contributed by atoms with E-state index in [1.165, 1.54) is 0 Å². The second kappa shape index (κ2) is 8.05. The number of aliphatic hydroxyl groups is 1. The summed E-state index contributed by atoms with van der Waals surface area (Å²) in [7, 11) is 0. The molecular formula is C13H17Cl3N2O2. The highest BCUT2D eigenvalue weighted by atomic mass is 35.5. The molecule has 0 bridgehead atoms. The molecular weight excluding hydrogens is 323 g/mol. The van der Waals surface area contributed by atoms with Gasteiger partial charge >= 0.3 is 0 Å². The van der Waals surface area contributed by atoms with Gasteiger partial charge in [-0.3, -0.25) is 4.79 Å². The Kier molecular flexibility index (Phi) is 7.06. The fourth-order valence-corrected chi connectivity index (χ4v) is 2.81. The number of hydrogen-bond acceptors (Lipinski definition) is 3. The second-order valence-corrected chi connectivity index (χ2v) is 5.36. The Morgan fingerprint density at radius 1 is 1.45 bits per heavy atom. The van der Waals surface area contributed by atoms with Crippen molar-refractivity contribution >= 4 is 41.5 Å². The van der Waals surface area contributed by atoms with Crippen molar-refractivity contribution in [2.75, 3.05) is 13.1 Å². The van der Waals surface area contributed by atoms with E-state index >= 15 is 0 Å². The third-order valence-electron chi connectivity index (χ3n) is 3.18.